The Hall–Kier alpha value is -1.69. The van der Waals surface area contributed by atoms with Crippen molar-refractivity contribution in [2.24, 2.45) is 5.73 Å². The van der Waals surface area contributed by atoms with Crippen LogP contribution in [-0.4, -0.2) is 25.6 Å². The molecule has 17 heavy (non-hydrogen) atoms. The van der Waals surface area contributed by atoms with Crippen molar-refractivity contribution in [3.05, 3.63) is 12.7 Å². The molecule has 0 bridgehead atoms. The van der Waals surface area contributed by atoms with E-state index in [9.17, 15) is 0 Å². The Kier molecular flexibility index (Phi) is 3.53. The monoisotopic (exact) mass is 234 g/mol. The minimum Gasteiger partial charge on any atom is -0.382 e. The number of hydrogen-bond donors (Lipinski definition) is 2. The average molecular weight is 234 g/mol. The average Bonchev–Trinajstić information content (AvgIpc) is 2.71. The summed E-state index contributed by atoms with van der Waals surface area (Å²) in [7, 11) is 0. The Morgan fingerprint density at radius 3 is 2.94 bits per heavy atom. The number of unbranched alkanes of at least 4 members (excludes halogenated alkanes) is 1. The second-order valence-electron chi connectivity index (χ2n) is 4.23. The van der Waals surface area contributed by atoms with Crippen LogP contribution in [0.25, 0.3) is 11.2 Å². The fraction of sp³-hybridized carbons (Fsp3) is 0.545. The Bertz CT molecular complexity index is 492. The summed E-state index contributed by atoms with van der Waals surface area (Å²) >= 11 is 0. The molecule has 0 aliphatic rings. The van der Waals surface area contributed by atoms with Crippen molar-refractivity contribution < 1.29 is 0 Å². The van der Waals surface area contributed by atoms with Crippen LogP contribution in [0.15, 0.2) is 12.7 Å². The van der Waals surface area contributed by atoms with E-state index in [-0.39, 0.29) is 6.04 Å². The number of aromatic nitrogens is 4. The van der Waals surface area contributed by atoms with Crippen LogP contribution in [-0.2, 0) is 6.54 Å². The molecule has 2 rings (SSSR count). The van der Waals surface area contributed by atoms with Crippen molar-refractivity contribution in [2.75, 3.05) is 5.73 Å². The molecule has 2 aromatic rings. The molecule has 0 radical (unpaired) electrons. The lowest BCUT2D eigenvalue weighted by molar-refractivity contribution is 0.505. The number of nitrogens with two attached hydrogens (primary N) is 2. The molecule has 92 valence electrons. The molecular weight excluding hydrogens is 216 g/mol. The number of hydrogen-bond acceptors (Lipinski definition) is 5. The summed E-state index contributed by atoms with van der Waals surface area (Å²) in [4.78, 5) is 12.3. The van der Waals surface area contributed by atoms with Gasteiger partial charge in [-0.2, -0.15) is 0 Å². The van der Waals surface area contributed by atoms with E-state index in [1.807, 2.05) is 4.57 Å². The van der Waals surface area contributed by atoms with Crippen molar-refractivity contribution in [1.82, 2.24) is 19.5 Å². The minimum absolute atomic E-state index is 0.128. The van der Waals surface area contributed by atoms with E-state index in [0.717, 1.165) is 24.9 Å². The zero-order valence-electron chi connectivity index (χ0n) is 10.0. The Morgan fingerprint density at radius 1 is 1.35 bits per heavy atom. The van der Waals surface area contributed by atoms with Gasteiger partial charge < -0.3 is 16.0 Å². The highest BCUT2D eigenvalue weighted by molar-refractivity contribution is 5.81. The standard InChI is InChI=1S/C11H18N6/c1-2-3-4-8(12)5-17-7-16-9-10(13)14-6-15-11(9)17/h6-8H,2-5,12H2,1H3,(H2,13,14,15). The molecule has 0 aromatic carbocycles. The van der Waals surface area contributed by atoms with Gasteiger partial charge in [0.2, 0.25) is 0 Å². The van der Waals surface area contributed by atoms with Gasteiger partial charge in [0, 0.05) is 12.6 Å². The normalized spacial score (nSPS) is 13.1. The van der Waals surface area contributed by atoms with Crippen LogP contribution in [0.1, 0.15) is 26.2 Å². The lowest BCUT2D eigenvalue weighted by Crippen LogP contribution is -2.25. The van der Waals surface area contributed by atoms with E-state index in [4.69, 9.17) is 11.5 Å². The van der Waals surface area contributed by atoms with E-state index in [1.54, 1.807) is 6.33 Å². The zero-order valence-corrected chi connectivity index (χ0v) is 10.0. The van der Waals surface area contributed by atoms with Gasteiger partial charge in [-0.25, -0.2) is 15.0 Å². The molecule has 1 atom stereocenters. The van der Waals surface area contributed by atoms with Crippen molar-refractivity contribution >= 4 is 17.0 Å². The van der Waals surface area contributed by atoms with Gasteiger partial charge in [-0.3, -0.25) is 0 Å². The SMILES string of the molecule is CCCCC(N)Cn1cnc2c(N)ncnc21. The summed E-state index contributed by atoms with van der Waals surface area (Å²) in [5.41, 5.74) is 13.2. The fourth-order valence-electron chi connectivity index (χ4n) is 1.84. The van der Waals surface area contributed by atoms with Gasteiger partial charge in [0.05, 0.1) is 6.33 Å². The second-order valence-corrected chi connectivity index (χ2v) is 4.23. The van der Waals surface area contributed by atoms with Crippen LogP contribution >= 0.6 is 0 Å². The molecule has 1 unspecified atom stereocenters. The van der Waals surface area contributed by atoms with Crippen molar-refractivity contribution in [1.29, 1.82) is 0 Å². The number of fused-ring (bicyclic) bond motifs is 1. The van der Waals surface area contributed by atoms with Crippen LogP contribution in [0.4, 0.5) is 5.82 Å². The van der Waals surface area contributed by atoms with Crippen LogP contribution in [0.3, 0.4) is 0 Å². The topological polar surface area (TPSA) is 95.6 Å². The molecule has 0 spiro atoms. The summed E-state index contributed by atoms with van der Waals surface area (Å²) in [5.74, 6) is 0.413. The third-order valence-electron chi connectivity index (χ3n) is 2.79. The highest BCUT2D eigenvalue weighted by Crippen LogP contribution is 2.14. The molecule has 0 aliphatic heterocycles. The first kappa shape index (κ1) is 11.8. The van der Waals surface area contributed by atoms with Crippen molar-refractivity contribution in [3.8, 4) is 0 Å². The van der Waals surface area contributed by atoms with E-state index < -0.39 is 0 Å². The molecular formula is C11H18N6. The van der Waals surface area contributed by atoms with Crippen LogP contribution in [0.5, 0.6) is 0 Å². The quantitative estimate of drug-likeness (QED) is 0.802. The van der Waals surface area contributed by atoms with Crippen molar-refractivity contribution in [2.45, 2.75) is 38.8 Å². The number of rotatable bonds is 5. The first-order valence-corrected chi connectivity index (χ1v) is 5.89. The van der Waals surface area contributed by atoms with E-state index >= 15 is 0 Å². The van der Waals surface area contributed by atoms with Gasteiger partial charge in [0.25, 0.3) is 0 Å². The number of nitrogens with zero attached hydrogens (tertiary/aromatic N) is 4. The number of imidazole rings is 1. The number of nitrogen functional groups attached to an aromatic ring is 1. The number of anilines is 1. The maximum Gasteiger partial charge on any atom is 0.165 e. The molecule has 4 N–H and O–H groups in total. The first-order chi connectivity index (χ1) is 8.22. The maximum atomic E-state index is 6.06. The predicted molar refractivity (Wildman–Crippen MR) is 67.2 cm³/mol. The van der Waals surface area contributed by atoms with E-state index in [2.05, 4.69) is 21.9 Å². The first-order valence-electron chi connectivity index (χ1n) is 5.89. The van der Waals surface area contributed by atoms with Gasteiger partial charge in [-0.1, -0.05) is 19.8 Å². The summed E-state index contributed by atoms with van der Waals surface area (Å²) in [6.07, 6.45) is 6.49. The van der Waals surface area contributed by atoms with Gasteiger partial charge in [-0.15, -0.1) is 0 Å². The largest absolute Gasteiger partial charge is 0.382 e. The Morgan fingerprint density at radius 2 is 2.18 bits per heavy atom. The van der Waals surface area contributed by atoms with E-state index in [1.165, 1.54) is 6.33 Å². The lowest BCUT2D eigenvalue weighted by Gasteiger charge is -2.11. The molecule has 2 aromatic heterocycles. The molecule has 6 heteroatoms. The molecule has 0 aliphatic carbocycles. The molecule has 0 saturated carbocycles. The summed E-state index contributed by atoms with van der Waals surface area (Å²) in [6.45, 7) is 2.88. The molecule has 0 saturated heterocycles. The maximum absolute atomic E-state index is 6.06. The smallest absolute Gasteiger partial charge is 0.165 e. The zero-order chi connectivity index (χ0) is 12.3. The third-order valence-corrected chi connectivity index (χ3v) is 2.79. The molecule has 2 heterocycles. The molecule has 0 fully saturated rings. The Labute approximate surface area is 100 Å². The molecule has 0 amide bonds. The van der Waals surface area contributed by atoms with Gasteiger partial charge in [-0.05, 0) is 6.42 Å². The van der Waals surface area contributed by atoms with Crippen LogP contribution in [0, 0.1) is 0 Å². The van der Waals surface area contributed by atoms with Crippen LogP contribution < -0.4 is 11.5 Å². The van der Waals surface area contributed by atoms with E-state index in [0.29, 0.717) is 17.9 Å². The van der Waals surface area contributed by atoms with Gasteiger partial charge >= 0.3 is 0 Å². The summed E-state index contributed by atoms with van der Waals surface area (Å²) in [5, 5.41) is 0. The second kappa shape index (κ2) is 5.09. The molecule has 6 nitrogen and oxygen atoms in total. The lowest BCUT2D eigenvalue weighted by atomic mass is 10.1. The highest BCUT2D eigenvalue weighted by Gasteiger charge is 2.10. The minimum atomic E-state index is 0.128. The van der Waals surface area contributed by atoms with Gasteiger partial charge in [0.15, 0.2) is 11.5 Å². The Balaban J connectivity index is 2.16. The van der Waals surface area contributed by atoms with Gasteiger partial charge in [0.1, 0.15) is 11.8 Å². The summed E-state index contributed by atoms with van der Waals surface area (Å²) in [6, 6.07) is 0.128. The highest BCUT2D eigenvalue weighted by atomic mass is 15.1. The van der Waals surface area contributed by atoms with Crippen LogP contribution in [0.2, 0.25) is 0 Å². The fourth-order valence-corrected chi connectivity index (χ4v) is 1.84. The van der Waals surface area contributed by atoms with Crippen molar-refractivity contribution in [3.63, 3.8) is 0 Å². The third kappa shape index (κ3) is 2.52. The predicted octanol–water partition coefficient (Wildman–Crippen LogP) is 0.926. The summed E-state index contributed by atoms with van der Waals surface area (Å²) < 4.78 is 1.94.